The van der Waals surface area contributed by atoms with Crippen LogP contribution >= 0.6 is 15.9 Å². The third-order valence-corrected chi connectivity index (χ3v) is 3.34. The summed E-state index contributed by atoms with van der Waals surface area (Å²) in [4.78, 5) is 4.11. The first-order valence-electron chi connectivity index (χ1n) is 5.75. The molecule has 2 rings (SSSR count). The van der Waals surface area contributed by atoms with E-state index in [-0.39, 0.29) is 0 Å². The number of rotatable bonds is 5. The van der Waals surface area contributed by atoms with Gasteiger partial charge in [0, 0.05) is 34.5 Å². The molecule has 0 saturated heterocycles. The highest BCUT2D eigenvalue weighted by molar-refractivity contribution is 9.10. The van der Waals surface area contributed by atoms with Crippen LogP contribution in [-0.4, -0.2) is 12.0 Å². The van der Waals surface area contributed by atoms with E-state index in [1.807, 2.05) is 43.6 Å². The summed E-state index contributed by atoms with van der Waals surface area (Å²) in [5, 5.41) is 3.10. The molecule has 0 saturated carbocycles. The molecule has 94 valence electrons. The predicted octanol–water partition coefficient (Wildman–Crippen LogP) is 3.14. The summed E-state index contributed by atoms with van der Waals surface area (Å²) in [6, 6.07) is 9.95. The largest absolute Gasteiger partial charge is 0.488 e. The van der Waals surface area contributed by atoms with E-state index in [9.17, 15) is 0 Å². The number of nitrogens with one attached hydrogen (secondary N) is 1. The fourth-order valence-corrected chi connectivity index (χ4v) is 2.05. The number of hydrogen-bond acceptors (Lipinski definition) is 3. The van der Waals surface area contributed by atoms with Crippen LogP contribution in [0, 0.1) is 0 Å². The lowest BCUT2D eigenvalue weighted by Gasteiger charge is -2.11. The van der Waals surface area contributed by atoms with Crippen molar-refractivity contribution in [1.29, 1.82) is 0 Å². The first-order chi connectivity index (χ1) is 8.81. The van der Waals surface area contributed by atoms with E-state index in [0.29, 0.717) is 6.61 Å². The van der Waals surface area contributed by atoms with Gasteiger partial charge in [0.25, 0.3) is 0 Å². The highest BCUT2D eigenvalue weighted by Gasteiger charge is 2.04. The standard InChI is InChI=1S/C14H15BrN2O/c1-16-8-12-9-17-7-6-14(12)18-10-11-4-2-3-5-13(11)15/h2-7,9,16H,8,10H2,1H3. The quantitative estimate of drug-likeness (QED) is 0.921. The second-order valence-electron chi connectivity index (χ2n) is 3.89. The monoisotopic (exact) mass is 306 g/mol. The maximum absolute atomic E-state index is 5.85. The van der Waals surface area contributed by atoms with Crippen LogP contribution in [-0.2, 0) is 13.2 Å². The highest BCUT2D eigenvalue weighted by atomic mass is 79.9. The number of aromatic nitrogens is 1. The summed E-state index contributed by atoms with van der Waals surface area (Å²) in [6.07, 6.45) is 3.57. The van der Waals surface area contributed by atoms with Gasteiger partial charge in [0.05, 0.1) is 0 Å². The number of halogens is 1. The van der Waals surface area contributed by atoms with Crippen LogP contribution in [0.4, 0.5) is 0 Å². The van der Waals surface area contributed by atoms with Gasteiger partial charge in [-0.15, -0.1) is 0 Å². The van der Waals surface area contributed by atoms with Crippen LogP contribution < -0.4 is 10.1 Å². The highest BCUT2D eigenvalue weighted by Crippen LogP contribution is 2.21. The van der Waals surface area contributed by atoms with Crippen molar-refractivity contribution in [3.63, 3.8) is 0 Å². The second kappa shape index (κ2) is 6.52. The Kier molecular flexibility index (Phi) is 4.73. The molecule has 2 aromatic rings. The third kappa shape index (κ3) is 3.31. The van der Waals surface area contributed by atoms with Crippen molar-refractivity contribution in [1.82, 2.24) is 10.3 Å². The van der Waals surface area contributed by atoms with Gasteiger partial charge < -0.3 is 10.1 Å². The van der Waals surface area contributed by atoms with Gasteiger partial charge in [0.2, 0.25) is 0 Å². The van der Waals surface area contributed by atoms with E-state index in [4.69, 9.17) is 4.74 Å². The summed E-state index contributed by atoms with van der Waals surface area (Å²) in [5.41, 5.74) is 2.19. The molecule has 0 unspecified atom stereocenters. The Morgan fingerprint density at radius 2 is 2.06 bits per heavy atom. The van der Waals surface area contributed by atoms with E-state index >= 15 is 0 Å². The van der Waals surface area contributed by atoms with Crippen LogP contribution in [0.25, 0.3) is 0 Å². The zero-order valence-corrected chi connectivity index (χ0v) is 11.8. The Bertz CT molecular complexity index is 517. The van der Waals surface area contributed by atoms with Crippen molar-refractivity contribution < 1.29 is 4.74 Å². The maximum Gasteiger partial charge on any atom is 0.127 e. The topological polar surface area (TPSA) is 34.2 Å². The van der Waals surface area contributed by atoms with Gasteiger partial charge in [0.1, 0.15) is 12.4 Å². The molecule has 1 heterocycles. The van der Waals surface area contributed by atoms with Crippen molar-refractivity contribution in [3.05, 3.63) is 58.3 Å². The Labute approximate surface area is 115 Å². The minimum atomic E-state index is 0.544. The lowest BCUT2D eigenvalue weighted by Crippen LogP contribution is -2.08. The molecule has 0 atom stereocenters. The third-order valence-electron chi connectivity index (χ3n) is 2.57. The normalized spacial score (nSPS) is 10.3. The minimum Gasteiger partial charge on any atom is -0.488 e. The molecule has 0 amide bonds. The number of ether oxygens (including phenoxy) is 1. The van der Waals surface area contributed by atoms with Gasteiger partial charge in [-0.2, -0.15) is 0 Å². The molecule has 0 aliphatic carbocycles. The van der Waals surface area contributed by atoms with Gasteiger partial charge in [-0.05, 0) is 19.2 Å². The van der Waals surface area contributed by atoms with E-state index in [1.54, 1.807) is 6.20 Å². The Morgan fingerprint density at radius 1 is 1.22 bits per heavy atom. The molecule has 0 fully saturated rings. The summed E-state index contributed by atoms with van der Waals surface area (Å²) in [6.45, 7) is 1.29. The lowest BCUT2D eigenvalue weighted by atomic mass is 10.2. The molecule has 18 heavy (non-hydrogen) atoms. The van der Waals surface area contributed by atoms with E-state index < -0.39 is 0 Å². The average molecular weight is 307 g/mol. The van der Waals surface area contributed by atoms with Gasteiger partial charge >= 0.3 is 0 Å². The van der Waals surface area contributed by atoms with Gasteiger partial charge in [-0.25, -0.2) is 0 Å². The van der Waals surface area contributed by atoms with E-state index in [2.05, 4.69) is 26.2 Å². The summed E-state index contributed by atoms with van der Waals surface area (Å²) in [5.74, 6) is 0.870. The van der Waals surface area contributed by atoms with Crippen molar-refractivity contribution >= 4 is 15.9 Å². The SMILES string of the molecule is CNCc1cnccc1OCc1ccccc1Br. The van der Waals surface area contributed by atoms with Crippen LogP contribution in [0.1, 0.15) is 11.1 Å². The van der Waals surface area contributed by atoms with Crippen LogP contribution in [0.5, 0.6) is 5.75 Å². The first kappa shape index (κ1) is 13.1. The van der Waals surface area contributed by atoms with Gasteiger partial charge in [-0.3, -0.25) is 4.98 Å². The molecule has 0 radical (unpaired) electrons. The van der Waals surface area contributed by atoms with Gasteiger partial charge in [0.15, 0.2) is 0 Å². The van der Waals surface area contributed by atoms with Crippen LogP contribution in [0.3, 0.4) is 0 Å². The summed E-state index contributed by atoms with van der Waals surface area (Å²) in [7, 11) is 1.91. The number of benzene rings is 1. The minimum absolute atomic E-state index is 0.544. The summed E-state index contributed by atoms with van der Waals surface area (Å²) < 4.78 is 6.91. The van der Waals surface area contributed by atoms with Crippen molar-refractivity contribution in [3.8, 4) is 5.75 Å². The average Bonchev–Trinajstić information content (AvgIpc) is 2.40. The zero-order valence-electron chi connectivity index (χ0n) is 10.2. The van der Waals surface area contributed by atoms with E-state index in [0.717, 1.165) is 27.9 Å². The first-order valence-corrected chi connectivity index (χ1v) is 6.54. The number of pyridine rings is 1. The van der Waals surface area contributed by atoms with Crippen LogP contribution in [0.2, 0.25) is 0 Å². The van der Waals surface area contributed by atoms with Crippen molar-refractivity contribution in [2.24, 2.45) is 0 Å². The predicted molar refractivity (Wildman–Crippen MR) is 75.5 cm³/mol. The molecule has 1 N–H and O–H groups in total. The molecule has 0 spiro atoms. The molecule has 0 aliphatic heterocycles. The maximum atomic E-state index is 5.85. The van der Waals surface area contributed by atoms with E-state index in [1.165, 1.54) is 0 Å². The molecule has 3 nitrogen and oxygen atoms in total. The number of nitrogens with zero attached hydrogens (tertiary/aromatic N) is 1. The summed E-state index contributed by atoms with van der Waals surface area (Å²) >= 11 is 3.51. The van der Waals surface area contributed by atoms with Crippen LogP contribution in [0.15, 0.2) is 47.2 Å². The molecular formula is C14H15BrN2O. The smallest absolute Gasteiger partial charge is 0.127 e. The Balaban J connectivity index is 2.08. The molecule has 1 aromatic carbocycles. The molecule has 0 aliphatic rings. The fourth-order valence-electron chi connectivity index (χ4n) is 1.65. The Morgan fingerprint density at radius 3 is 2.83 bits per heavy atom. The second-order valence-corrected chi connectivity index (χ2v) is 4.75. The Hall–Kier alpha value is -1.39. The fraction of sp³-hybridized carbons (Fsp3) is 0.214. The molecular weight excluding hydrogens is 292 g/mol. The van der Waals surface area contributed by atoms with Gasteiger partial charge in [-0.1, -0.05) is 34.1 Å². The zero-order chi connectivity index (χ0) is 12.8. The van der Waals surface area contributed by atoms with Crippen molar-refractivity contribution in [2.75, 3.05) is 7.05 Å². The lowest BCUT2D eigenvalue weighted by molar-refractivity contribution is 0.301. The van der Waals surface area contributed by atoms with Crippen molar-refractivity contribution in [2.45, 2.75) is 13.2 Å². The molecule has 0 bridgehead atoms. The molecule has 1 aromatic heterocycles. The number of hydrogen-bond donors (Lipinski definition) is 1. The molecule has 4 heteroatoms.